The number of Topliss-reactive ketones (excluding diaryl/α,β-unsaturated/α-hetero) is 1. The predicted octanol–water partition coefficient (Wildman–Crippen LogP) is 5.41. The highest BCUT2D eigenvalue weighted by Crippen LogP contribution is 2.34. The summed E-state index contributed by atoms with van der Waals surface area (Å²) in [5, 5.41) is 1.92. The van der Waals surface area contributed by atoms with E-state index in [0.29, 0.717) is 22.0 Å². The zero-order valence-corrected chi connectivity index (χ0v) is 14.7. The highest BCUT2D eigenvalue weighted by Gasteiger charge is 2.22. The molecule has 0 radical (unpaired) electrons. The van der Waals surface area contributed by atoms with Crippen LogP contribution in [0.5, 0.6) is 0 Å². The lowest BCUT2D eigenvalue weighted by molar-refractivity contribution is 0.0994. The van der Waals surface area contributed by atoms with Gasteiger partial charge in [0.1, 0.15) is 0 Å². The van der Waals surface area contributed by atoms with E-state index in [4.69, 9.17) is 40.5 Å². The van der Waals surface area contributed by atoms with Crippen LogP contribution in [-0.4, -0.2) is 5.78 Å². The lowest BCUT2D eigenvalue weighted by Gasteiger charge is -2.05. The van der Waals surface area contributed by atoms with Gasteiger partial charge in [0.2, 0.25) is 0 Å². The van der Waals surface area contributed by atoms with Crippen molar-refractivity contribution in [3.8, 4) is 0 Å². The second-order valence-electron chi connectivity index (χ2n) is 5.80. The van der Waals surface area contributed by atoms with E-state index in [2.05, 4.69) is 6.07 Å². The summed E-state index contributed by atoms with van der Waals surface area (Å²) in [5.74, 6) is 0.131. The molecule has 2 aromatic rings. The van der Waals surface area contributed by atoms with Crippen molar-refractivity contribution >= 4 is 40.6 Å². The maximum atomic E-state index is 11.3. The van der Waals surface area contributed by atoms with E-state index in [1.54, 1.807) is 6.07 Å². The second kappa shape index (κ2) is 6.82. The number of aryl methyl sites for hydroxylation is 2. The van der Waals surface area contributed by atoms with Crippen LogP contribution in [0.15, 0.2) is 30.3 Å². The van der Waals surface area contributed by atoms with Gasteiger partial charge >= 0.3 is 0 Å². The fraction of sp³-hybridized carbons (Fsp3) is 0.278. The van der Waals surface area contributed by atoms with Crippen molar-refractivity contribution in [1.29, 1.82) is 0 Å². The molecule has 120 valence electrons. The molecule has 0 spiro atoms. The van der Waals surface area contributed by atoms with Gasteiger partial charge in [-0.3, -0.25) is 4.79 Å². The Kier molecular flexibility index (Phi) is 4.98. The summed E-state index contributed by atoms with van der Waals surface area (Å²) < 4.78 is 0. The van der Waals surface area contributed by atoms with Crippen molar-refractivity contribution in [3.63, 3.8) is 0 Å². The minimum Gasteiger partial charge on any atom is -0.324 e. The molecule has 0 heterocycles. The summed E-state index contributed by atoms with van der Waals surface area (Å²) >= 11 is 17.6. The number of hydrogen-bond donors (Lipinski definition) is 1. The quantitative estimate of drug-likeness (QED) is 0.675. The monoisotopic (exact) mass is 367 g/mol. The molecule has 0 aromatic heterocycles. The normalized spacial score (nSPS) is 18.3. The van der Waals surface area contributed by atoms with Crippen LogP contribution in [0.25, 0.3) is 0 Å². The minimum absolute atomic E-state index is 0.131. The Balaban J connectivity index is 0.000000136. The Morgan fingerprint density at radius 1 is 0.957 bits per heavy atom. The molecule has 2 nitrogen and oxygen atoms in total. The Hall–Kier alpha value is -1.06. The molecule has 0 fully saturated rings. The van der Waals surface area contributed by atoms with Crippen LogP contribution in [-0.2, 0) is 12.8 Å². The summed E-state index contributed by atoms with van der Waals surface area (Å²) in [6.45, 7) is 0. The third kappa shape index (κ3) is 3.41. The number of hydrogen-bond acceptors (Lipinski definition) is 2. The van der Waals surface area contributed by atoms with Crippen LogP contribution < -0.4 is 5.73 Å². The van der Waals surface area contributed by atoms with Gasteiger partial charge in [0.05, 0.1) is 5.02 Å². The summed E-state index contributed by atoms with van der Waals surface area (Å²) in [4.78, 5) is 11.3. The van der Waals surface area contributed by atoms with E-state index in [1.807, 2.05) is 18.2 Å². The molecule has 23 heavy (non-hydrogen) atoms. The van der Waals surface area contributed by atoms with Gasteiger partial charge in [-0.05, 0) is 54.2 Å². The van der Waals surface area contributed by atoms with Gasteiger partial charge in [0.25, 0.3) is 0 Å². The van der Waals surface area contributed by atoms with Crippen LogP contribution in [0.1, 0.15) is 45.9 Å². The molecule has 0 saturated carbocycles. The van der Waals surface area contributed by atoms with E-state index in [0.717, 1.165) is 35.4 Å². The number of carbonyl (C=O) groups excluding carboxylic acids is 1. The number of benzene rings is 2. The van der Waals surface area contributed by atoms with E-state index in [9.17, 15) is 4.79 Å². The van der Waals surface area contributed by atoms with Crippen molar-refractivity contribution in [2.24, 2.45) is 5.73 Å². The molecule has 2 aromatic carbocycles. The fourth-order valence-corrected chi connectivity index (χ4v) is 4.16. The Morgan fingerprint density at radius 2 is 1.74 bits per heavy atom. The van der Waals surface area contributed by atoms with Gasteiger partial charge in [-0.15, -0.1) is 0 Å². The zero-order chi connectivity index (χ0) is 16.6. The van der Waals surface area contributed by atoms with Gasteiger partial charge in [-0.1, -0.05) is 46.9 Å². The topological polar surface area (TPSA) is 43.1 Å². The Labute approximate surface area is 150 Å². The number of nitrogens with two attached hydrogens (primary N) is 1. The Morgan fingerprint density at radius 3 is 2.48 bits per heavy atom. The van der Waals surface area contributed by atoms with Crippen molar-refractivity contribution in [3.05, 3.63) is 67.7 Å². The van der Waals surface area contributed by atoms with E-state index in [1.165, 1.54) is 5.56 Å². The van der Waals surface area contributed by atoms with Crippen LogP contribution >= 0.6 is 34.8 Å². The molecule has 2 aliphatic rings. The van der Waals surface area contributed by atoms with Crippen LogP contribution in [0, 0.1) is 0 Å². The molecular weight excluding hydrogens is 353 g/mol. The second-order valence-corrected chi connectivity index (χ2v) is 7.05. The third-order valence-corrected chi connectivity index (χ3v) is 5.12. The molecule has 2 N–H and O–H groups in total. The molecule has 2 aliphatic carbocycles. The number of halogens is 3. The van der Waals surface area contributed by atoms with E-state index < -0.39 is 0 Å². The maximum absolute atomic E-state index is 11.3. The first kappa shape index (κ1) is 16.8. The first-order valence-electron chi connectivity index (χ1n) is 7.51. The predicted molar refractivity (Wildman–Crippen MR) is 95.8 cm³/mol. The highest BCUT2D eigenvalue weighted by atomic mass is 35.5. The van der Waals surface area contributed by atoms with Crippen molar-refractivity contribution < 1.29 is 4.79 Å². The van der Waals surface area contributed by atoms with Crippen molar-refractivity contribution in [2.45, 2.75) is 31.7 Å². The molecule has 0 amide bonds. The van der Waals surface area contributed by atoms with Gasteiger partial charge in [0.15, 0.2) is 5.78 Å². The molecule has 0 saturated heterocycles. The molecule has 1 unspecified atom stereocenters. The lowest BCUT2D eigenvalue weighted by Crippen LogP contribution is -2.05. The van der Waals surface area contributed by atoms with Crippen LogP contribution in [0.4, 0.5) is 0 Å². The van der Waals surface area contributed by atoms with Gasteiger partial charge < -0.3 is 5.73 Å². The van der Waals surface area contributed by atoms with Gasteiger partial charge in [-0.25, -0.2) is 0 Å². The molecule has 0 aliphatic heterocycles. The number of rotatable bonds is 0. The first-order chi connectivity index (χ1) is 11.0. The van der Waals surface area contributed by atoms with Gasteiger partial charge in [0, 0.05) is 28.1 Å². The van der Waals surface area contributed by atoms with Crippen molar-refractivity contribution in [2.75, 3.05) is 0 Å². The summed E-state index contributed by atoms with van der Waals surface area (Å²) in [6, 6.07) is 9.59. The first-order valence-corrected chi connectivity index (χ1v) is 8.64. The zero-order valence-electron chi connectivity index (χ0n) is 12.4. The minimum atomic E-state index is 0.131. The average Bonchev–Trinajstić information content (AvgIpc) is 3.05. The largest absolute Gasteiger partial charge is 0.324 e. The average molecular weight is 369 g/mol. The number of carbonyl (C=O) groups is 1. The molecule has 5 heteroatoms. The molecule has 4 rings (SSSR count). The Bertz CT molecular complexity index is 773. The van der Waals surface area contributed by atoms with E-state index >= 15 is 0 Å². The van der Waals surface area contributed by atoms with Crippen LogP contribution in [0.2, 0.25) is 15.1 Å². The lowest BCUT2D eigenvalue weighted by atomic mass is 10.1. The number of fused-ring (bicyclic) bond motifs is 2. The maximum Gasteiger partial charge on any atom is 0.164 e. The number of ketones is 1. The van der Waals surface area contributed by atoms with Gasteiger partial charge in [-0.2, -0.15) is 0 Å². The fourth-order valence-electron chi connectivity index (χ4n) is 3.18. The summed E-state index contributed by atoms with van der Waals surface area (Å²) in [6.07, 6.45) is 3.46. The van der Waals surface area contributed by atoms with E-state index in [-0.39, 0.29) is 11.8 Å². The molecule has 0 bridgehead atoms. The highest BCUT2D eigenvalue weighted by molar-refractivity contribution is 6.37. The van der Waals surface area contributed by atoms with Crippen molar-refractivity contribution in [1.82, 2.24) is 0 Å². The van der Waals surface area contributed by atoms with Crippen LogP contribution in [0.3, 0.4) is 0 Å². The smallest absolute Gasteiger partial charge is 0.164 e. The molecular formula is C18H16Cl3NO. The molecule has 1 atom stereocenters. The third-order valence-electron chi connectivity index (χ3n) is 4.28. The summed E-state index contributed by atoms with van der Waals surface area (Å²) in [7, 11) is 0. The SMILES string of the molecule is NC1CCc2cccc(Cl)c21.O=C1CCc2cc(Cl)cc(Cl)c21. The standard InChI is InChI=1S/C9H6Cl2O.C9H10ClN/c10-6-3-5-1-2-8(12)9(5)7(11)4-6;10-7-3-1-2-6-4-5-8(11)9(6)7/h3-4H,1-2H2;1-3,8H,4-5,11H2. The summed E-state index contributed by atoms with van der Waals surface area (Å²) in [5.41, 5.74) is 10.00.